The highest BCUT2D eigenvalue weighted by atomic mass is 16.5. The molecule has 1 N–H and O–H groups in total. The Bertz CT molecular complexity index is 355. The van der Waals surface area contributed by atoms with Crippen molar-refractivity contribution in [2.24, 2.45) is 0 Å². The van der Waals surface area contributed by atoms with E-state index in [1.54, 1.807) is 21.0 Å². The van der Waals surface area contributed by atoms with Crippen LogP contribution in [0.25, 0.3) is 0 Å². The molecule has 0 bridgehead atoms. The molecule has 0 unspecified atom stereocenters. The molecule has 0 aromatic carbocycles. The number of ether oxygens (including phenoxy) is 1. The van der Waals surface area contributed by atoms with Gasteiger partial charge < -0.3 is 14.7 Å². The van der Waals surface area contributed by atoms with Crippen molar-refractivity contribution in [2.75, 3.05) is 20.6 Å². The third-order valence-electron chi connectivity index (χ3n) is 2.82. The number of hydrogen-bond donors (Lipinski definition) is 1. The zero-order valence-electron chi connectivity index (χ0n) is 10.8. The van der Waals surface area contributed by atoms with E-state index in [0.29, 0.717) is 0 Å². The molecule has 2 amide bonds. The van der Waals surface area contributed by atoms with Crippen LogP contribution in [0.2, 0.25) is 0 Å². The van der Waals surface area contributed by atoms with Crippen molar-refractivity contribution in [3.05, 3.63) is 0 Å². The van der Waals surface area contributed by atoms with Crippen molar-refractivity contribution in [2.45, 2.75) is 31.9 Å². The Morgan fingerprint density at radius 3 is 2.44 bits per heavy atom. The van der Waals surface area contributed by atoms with Crippen molar-refractivity contribution in [1.82, 2.24) is 9.80 Å². The predicted octanol–water partition coefficient (Wildman–Crippen LogP) is 0.149. The summed E-state index contributed by atoms with van der Waals surface area (Å²) in [5.41, 5.74) is 0. The molecular weight excluding hydrogens is 240 g/mol. The average Bonchev–Trinajstić information content (AvgIpc) is 2.71. The second-order valence-corrected chi connectivity index (χ2v) is 4.38. The van der Waals surface area contributed by atoms with Gasteiger partial charge in [0.2, 0.25) is 5.91 Å². The normalized spacial score (nSPS) is 22.7. The van der Waals surface area contributed by atoms with Gasteiger partial charge in [0.15, 0.2) is 0 Å². The SMILES string of the molecule is CCC(=O)O[C@@H]1C[C@@H](C(=O)N(C)C)N(C(=O)O)C1. The van der Waals surface area contributed by atoms with Crippen LogP contribution < -0.4 is 0 Å². The van der Waals surface area contributed by atoms with Gasteiger partial charge in [0, 0.05) is 26.9 Å². The lowest BCUT2D eigenvalue weighted by molar-refractivity contribution is -0.148. The number of amides is 2. The van der Waals surface area contributed by atoms with Gasteiger partial charge in [-0.15, -0.1) is 0 Å². The topological polar surface area (TPSA) is 87.2 Å². The fraction of sp³-hybridized carbons (Fsp3) is 0.727. The number of rotatable bonds is 3. The molecule has 1 aliphatic heterocycles. The lowest BCUT2D eigenvalue weighted by Gasteiger charge is -2.22. The van der Waals surface area contributed by atoms with Crippen LogP contribution in [0.4, 0.5) is 4.79 Å². The second kappa shape index (κ2) is 5.70. The number of likely N-dealkylation sites (tertiary alicyclic amines) is 1. The lowest BCUT2D eigenvalue weighted by atomic mass is 10.2. The van der Waals surface area contributed by atoms with Crippen molar-refractivity contribution < 1.29 is 24.2 Å². The van der Waals surface area contributed by atoms with Gasteiger partial charge >= 0.3 is 12.1 Å². The fourth-order valence-corrected chi connectivity index (χ4v) is 1.90. The minimum Gasteiger partial charge on any atom is -0.465 e. The monoisotopic (exact) mass is 258 g/mol. The van der Waals surface area contributed by atoms with Crippen LogP contribution in [0.1, 0.15) is 19.8 Å². The summed E-state index contributed by atoms with van der Waals surface area (Å²) in [6.45, 7) is 1.71. The van der Waals surface area contributed by atoms with Crippen molar-refractivity contribution in [3.8, 4) is 0 Å². The number of carbonyl (C=O) groups is 3. The molecule has 0 spiro atoms. The van der Waals surface area contributed by atoms with Gasteiger partial charge in [-0.05, 0) is 0 Å². The lowest BCUT2D eigenvalue weighted by Crippen LogP contribution is -2.44. The number of esters is 1. The first-order valence-corrected chi connectivity index (χ1v) is 5.77. The first-order valence-electron chi connectivity index (χ1n) is 5.77. The first kappa shape index (κ1) is 14.3. The van der Waals surface area contributed by atoms with Gasteiger partial charge in [0.1, 0.15) is 12.1 Å². The van der Waals surface area contributed by atoms with Crippen LogP contribution in [0.3, 0.4) is 0 Å². The predicted molar refractivity (Wildman–Crippen MR) is 62.0 cm³/mol. The van der Waals surface area contributed by atoms with E-state index in [-0.39, 0.29) is 31.3 Å². The van der Waals surface area contributed by atoms with Crippen molar-refractivity contribution >= 4 is 18.0 Å². The van der Waals surface area contributed by atoms with Crippen LogP contribution in [0.5, 0.6) is 0 Å². The first-order chi connectivity index (χ1) is 8.36. The molecule has 0 saturated carbocycles. The molecule has 7 nitrogen and oxygen atoms in total. The summed E-state index contributed by atoms with van der Waals surface area (Å²) in [6.07, 6.45) is -1.27. The molecule has 0 aliphatic carbocycles. The maximum absolute atomic E-state index is 11.8. The molecule has 0 radical (unpaired) electrons. The standard InChI is InChI=1S/C11H18N2O5/c1-4-9(14)18-7-5-8(10(15)12(2)3)13(6-7)11(16)17/h7-8H,4-6H2,1-3H3,(H,16,17)/t7-,8+/m1/s1. The number of carbonyl (C=O) groups excluding carboxylic acids is 2. The Morgan fingerprint density at radius 1 is 1.39 bits per heavy atom. The number of likely N-dealkylation sites (N-methyl/N-ethyl adjacent to an activating group) is 1. The third kappa shape index (κ3) is 3.12. The molecule has 7 heteroatoms. The largest absolute Gasteiger partial charge is 0.465 e. The van der Waals surface area contributed by atoms with Crippen LogP contribution in [0.15, 0.2) is 0 Å². The van der Waals surface area contributed by atoms with Gasteiger partial charge in [-0.25, -0.2) is 4.79 Å². The Labute approximate surface area is 105 Å². The summed E-state index contributed by atoms with van der Waals surface area (Å²) in [4.78, 5) is 36.4. The zero-order chi connectivity index (χ0) is 13.9. The molecule has 0 aromatic rings. The Morgan fingerprint density at radius 2 is 2.00 bits per heavy atom. The van der Waals surface area contributed by atoms with Gasteiger partial charge in [0.05, 0.1) is 6.54 Å². The molecule has 0 aromatic heterocycles. The van der Waals surface area contributed by atoms with E-state index >= 15 is 0 Å². The minimum absolute atomic E-state index is 0.0469. The molecule has 18 heavy (non-hydrogen) atoms. The fourth-order valence-electron chi connectivity index (χ4n) is 1.90. The molecule has 2 atom stereocenters. The van der Waals surface area contributed by atoms with Gasteiger partial charge in [-0.3, -0.25) is 14.5 Å². The molecule has 1 fully saturated rings. The summed E-state index contributed by atoms with van der Waals surface area (Å²) < 4.78 is 5.09. The second-order valence-electron chi connectivity index (χ2n) is 4.38. The summed E-state index contributed by atoms with van der Waals surface area (Å²) in [5, 5.41) is 9.04. The highest BCUT2D eigenvalue weighted by Gasteiger charge is 2.41. The minimum atomic E-state index is -1.18. The van der Waals surface area contributed by atoms with Crippen molar-refractivity contribution in [1.29, 1.82) is 0 Å². The van der Waals surface area contributed by atoms with Crippen LogP contribution in [-0.4, -0.2) is 65.7 Å². The maximum Gasteiger partial charge on any atom is 0.408 e. The van der Waals surface area contributed by atoms with E-state index in [4.69, 9.17) is 9.84 Å². The molecule has 1 heterocycles. The van der Waals surface area contributed by atoms with E-state index in [1.165, 1.54) is 4.90 Å². The maximum atomic E-state index is 11.8. The zero-order valence-corrected chi connectivity index (χ0v) is 10.8. The number of nitrogens with zero attached hydrogens (tertiary/aromatic N) is 2. The summed E-state index contributed by atoms with van der Waals surface area (Å²) in [6, 6.07) is -0.771. The summed E-state index contributed by atoms with van der Waals surface area (Å²) >= 11 is 0. The highest BCUT2D eigenvalue weighted by molar-refractivity contribution is 5.85. The van der Waals surface area contributed by atoms with E-state index < -0.39 is 18.2 Å². The smallest absolute Gasteiger partial charge is 0.408 e. The summed E-state index contributed by atoms with van der Waals surface area (Å²) in [5.74, 6) is -0.685. The molecular formula is C11H18N2O5. The quantitative estimate of drug-likeness (QED) is 0.728. The molecule has 1 rings (SSSR count). The van der Waals surface area contributed by atoms with Crippen molar-refractivity contribution in [3.63, 3.8) is 0 Å². The average molecular weight is 258 g/mol. The van der Waals surface area contributed by atoms with Gasteiger partial charge in [-0.2, -0.15) is 0 Å². The van der Waals surface area contributed by atoms with E-state index in [9.17, 15) is 14.4 Å². The molecule has 1 saturated heterocycles. The Hall–Kier alpha value is -1.79. The Kier molecular flexibility index (Phi) is 4.52. The van der Waals surface area contributed by atoms with E-state index in [0.717, 1.165) is 4.90 Å². The van der Waals surface area contributed by atoms with Crippen LogP contribution in [-0.2, 0) is 14.3 Å². The molecule has 1 aliphatic rings. The van der Waals surface area contributed by atoms with Gasteiger partial charge in [0.25, 0.3) is 0 Å². The van der Waals surface area contributed by atoms with Gasteiger partial charge in [-0.1, -0.05) is 6.92 Å². The third-order valence-corrected chi connectivity index (χ3v) is 2.82. The number of carboxylic acid groups (broad SMARTS) is 1. The van der Waals surface area contributed by atoms with Crippen LogP contribution >= 0.6 is 0 Å². The van der Waals surface area contributed by atoms with E-state index in [2.05, 4.69) is 0 Å². The highest BCUT2D eigenvalue weighted by Crippen LogP contribution is 2.22. The van der Waals surface area contributed by atoms with Crippen LogP contribution in [0, 0.1) is 0 Å². The number of hydrogen-bond acceptors (Lipinski definition) is 4. The van der Waals surface area contributed by atoms with E-state index in [1.807, 2.05) is 0 Å². The Balaban J connectivity index is 2.74. The molecule has 102 valence electrons. The summed E-state index contributed by atoms with van der Waals surface area (Å²) in [7, 11) is 3.13.